The van der Waals surface area contributed by atoms with E-state index in [1.54, 1.807) is 0 Å². The number of hydrogen-bond acceptors (Lipinski definition) is 3. The van der Waals surface area contributed by atoms with E-state index in [0.29, 0.717) is 0 Å². The Morgan fingerprint density at radius 1 is 1.50 bits per heavy atom. The zero-order valence-electron chi connectivity index (χ0n) is 8.80. The molecule has 1 aliphatic heterocycles. The van der Waals surface area contributed by atoms with Crippen LogP contribution in [0.5, 0.6) is 0 Å². The van der Waals surface area contributed by atoms with E-state index in [1.165, 1.54) is 0 Å². The number of rotatable bonds is 3. The van der Waals surface area contributed by atoms with Crippen molar-refractivity contribution in [3.63, 3.8) is 0 Å². The summed E-state index contributed by atoms with van der Waals surface area (Å²) in [4.78, 5) is 21.5. The Labute approximate surface area is 84.4 Å². The molecule has 82 valence electrons. The van der Waals surface area contributed by atoms with Crippen molar-refractivity contribution < 1.29 is 9.59 Å². The van der Waals surface area contributed by atoms with Crippen molar-refractivity contribution in [2.45, 2.75) is 32.7 Å². The first-order valence-electron chi connectivity index (χ1n) is 4.99. The SMILES string of the molecule is CC.NC(=O)CNC(=O)C1CCCN1. The number of carbonyl (C=O) groups is 2. The molecule has 0 radical (unpaired) electrons. The van der Waals surface area contributed by atoms with E-state index >= 15 is 0 Å². The van der Waals surface area contributed by atoms with E-state index in [4.69, 9.17) is 5.73 Å². The molecule has 0 spiro atoms. The molecule has 0 saturated carbocycles. The molecular formula is C9H19N3O2. The lowest BCUT2D eigenvalue weighted by atomic mass is 10.2. The third kappa shape index (κ3) is 4.81. The van der Waals surface area contributed by atoms with Crippen LogP contribution in [0.3, 0.4) is 0 Å². The molecule has 0 aliphatic carbocycles. The molecule has 1 fully saturated rings. The van der Waals surface area contributed by atoms with Gasteiger partial charge < -0.3 is 16.4 Å². The largest absolute Gasteiger partial charge is 0.368 e. The van der Waals surface area contributed by atoms with Crippen molar-refractivity contribution in [2.75, 3.05) is 13.1 Å². The summed E-state index contributed by atoms with van der Waals surface area (Å²) in [5, 5.41) is 5.46. The van der Waals surface area contributed by atoms with Gasteiger partial charge in [0.2, 0.25) is 11.8 Å². The van der Waals surface area contributed by atoms with Crippen LogP contribution in [0.25, 0.3) is 0 Å². The van der Waals surface area contributed by atoms with Gasteiger partial charge in [-0.15, -0.1) is 0 Å². The van der Waals surface area contributed by atoms with E-state index in [9.17, 15) is 9.59 Å². The highest BCUT2D eigenvalue weighted by Gasteiger charge is 2.21. The quantitative estimate of drug-likeness (QED) is 0.568. The van der Waals surface area contributed by atoms with Gasteiger partial charge in [0.25, 0.3) is 0 Å². The van der Waals surface area contributed by atoms with Gasteiger partial charge in [0.15, 0.2) is 0 Å². The van der Waals surface area contributed by atoms with E-state index in [2.05, 4.69) is 10.6 Å². The molecule has 14 heavy (non-hydrogen) atoms. The van der Waals surface area contributed by atoms with Gasteiger partial charge in [0.1, 0.15) is 0 Å². The molecule has 1 saturated heterocycles. The average Bonchev–Trinajstić information content (AvgIpc) is 2.70. The summed E-state index contributed by atoms with van der Waals surface area (Å²) >= 11 is 0. The second-order valence-corrected chi connectivity index (χ2v) is 2.83. The number of nitrogens with two attached hydrogens (primary N) is 1. The number of carbonyl (C=O) groups excluding carboxylic acids is 2. The third-order valence-electron chi connectivity index (χ3n) is 1.81. The fraction of sp³-hybridized carbons (Fsp3) is 0.778. The predicted molar refractivity (Wildman–Crippen MR) is 54.6 cm³/mol. The Morgan fingerprint density at radius 3 is 2.57 bits per heavy atom. The molecular weight excluding hydrogens is 182 g/mol. The van der Waals surface area contributed by atoms with Crippen molar-refractivity contribution in [1.82, 2.24) is 10.6 Å². The van der Waals surface area contributed by atoms with Crippen LogP contribution in [0.4, 0.5) is 0 Å². The van der Waals surface area contributed by atoms with Crippen LogP contribution >= 0.6 is 0 Å². The standard InChI is InChI=1S/C7H13N3O2.C2H6/c8-6(11)4-10-7(12)5-2-1-3-9-5;1-2/h5,9H,1-4H2,(H2,8,11)(H,10,12);1-2H3. The normalized spacial score (nSPS) is 19.4. The Bertz CT molecular complexity index is 188. The number of hydrogen-bond donors (Lipinski definition) is 3. The lowest BCUT2D eigenvalue weighted by molar-refractivity contribution is -0.126. The summed E-state index contributed by atoms with van der Waals surface area (Å²) in [7, 11) is 0. The second-order valence-electron chi connectivity index (χ2n) is 2.83. The summed E-state index contributed by atoms with van der Waals surface area (Å²) in [6.07, 6.45) is 1.85. The Morgan fingerprint density at radius 2 is 2.14 bits per heavy atom. The van der Waals surface area contributed by atoms with Gasteiger partial charge in [-0.2, -0.15) is 0 Å². The van der Waals surface area contributed by atoms with Crippen molar-refractivity contribution in [2.24, 2.45) is 5.73 Å². The van der Waals surface area contributed by atoms with Crippen molar-refractivity contribution in [1.29, 1.82) is 0 Å². The lowest BCUT2D eigenvalue weighted by Gasteiger charge is -2.08. The fourth-order valence-corrected chi connectivity index (χ4v) is 1.21. The smallest absolute Gasteiger partial charge is 0.237 e. The minimum atomic E-state index is -0.513. The van der Waals surface area contributed by atoms with Crippen LogP contribution in [-0.4, -0.2) is 30.9 Å². The van der Waals surface area contributed by atoms with E-state index < -0.39 is 5.91 Å². The van der Waals surface area contributed by atoms with Gasteiger partial charge in [-0.1, -0.05) is 13.8 Å². The van der Waals surface area contributed by atoms with Crippen molar-refractivity contribution >= 4 is 11.8 Å². The maximum atomic E-state index is 11.2. The molecule has 4 N–H and O–H groups in total. The van der Waals surface area contributed by atoms with Crippen LogP contribution < -0.4 is 16.4 Å². The van der Waals surface area contributed by atoms with Gasteiger partial charge >= 0.3 is 0 Å². The van der Waals surface area contributed by atoms with Gasteiger partial charge in [0.05, 0.1) is 12.6 Å². The first kappa shape index (κ1) is 12.9. The Hall–Kier alpha value is -1.10. The highest BCUT2D eigenvalue weighted by molar-refractivity contribution is 5.86. The van der Waals surface area contributed by atoms with Crippen LogP contribution in [0, 0.1) is 0 Å². The monoisotopic (exact) mass is 201 g/mol. The Balaban J connectivity index is 0.000000791. The average molecular weight is 201 g/mol. The first-order chi connectivity index (χ1) is 6.70. The molecule has 0 bridgehead atoms. The number of amides is 2. The molecule has 5 nitrogen and oxygen atoms in total. The van der Waals surface area contributed by atoms with E-state index in [-0.39, 0.29) is 18.5 Å². The summed E-state index contributed by atoms with van der Waals surface area (Å²) in [5.74, 6) is -0.646. The minimum Gasteiger partial charge on any atom is -0.368 e. The predicted octanol–water partition coefficient (Wildman–Crippen LogP) is -0.634. The molecule has 0 aromatic heterocycles. The summed E-state index contributed by atoms with van der Waals surface area (Å²) < 4.78 is 0. The summed E-state index contributed by atoms with van der Waals surface area (Å²) in [6, 6.07) is -0.135. The van der Waals surface area contributed by atoms with E-state index in [1.807, 2.05) is 13.8 Å². The molecule has 0 aromatic rings. The molecule has 1 unspecified atom stereocenters. The molecule has 1 atom stereocenters. The molecule has 2 amide bonds. The molecule has 1 rings (SSSR count). The fourth-order valence-electron chi connectivity index (χ4n) is 1.21. The van der Waals surface area contributed by atoms with Crippen molar-refractivity contribution in [3.05, 3.63) is 0 Å². The summed E-state index contributed by atoms with van der Waals surface area (Å²) in [5.41, 5.74) is 4.87. The minimum absolute atomic E-state index is 0.0724. The number of primary amides is 1. The topological polar surface area (TPSA) is 84.2 Å². The maximum Gasteiger partial charge on any atom is 0.237 e. The van der Waals surface area contributed by atoms with Crippen LogP contribution in [0.2, 0.25) is 0 Å². The van der Waals surface area contributed by atoms with Crippen molar-refractivity contribution in [3.8, 4) is 0 Å². The zero-order valence-corrected chi connectivity index (χ0v) is 8.80. The van der Waals surface area contributed by atoms with Crippen LogP contribution in [0.1, 0.15) is 26.7 Å². The lowest BCUT2D eigenvalue weighted by Crippen LogP contribution is -2.43. The molecule has 0 aromatic carbocycles. The molecule has 1 heterocycles. The van der Waals surface area contributed by atoms with Crippen LogP contribution in [0.15, 0.2) is 0 Å². The number of nitrogens with one attached hydrogen (secondary N) is 2. The second kappa shape index (κ2) is 7.32. The highest BCUT2D eigenvalue weighted by atomic mass is 16.2. The first-order valence-corrected chi connectivity index (χ1v) is 4.99. The van der Waals surface area contributed by atoms with Gasteiger partial charge in [0, 0.05) is 0 Å². The van der Waals surface area contributed by atoms with E-state index in [0.717, 1.165) is 19.4 Å². The van der Waals surface area contributed by atoms with Crippen LogP contribution in [-0.2, 0) is 9.59 Å². The molecule has 1 aliphatic rings. The van der Waals surface area contributed by atoms with Gasteiger partial charge in [-0.05, 0) is 19.4 Å². The maximum absolute atomic E-state index is 11.2. The third-order valence-corrected chi connectivity index (χ3v) is 1.81. The zero-order chi connectivity index (χ0) is 11.0. The summed E-state index contributed by atoms with van der Waals surface area (Å²) in [6.45, 7) is 4.80. The highest BCUT2D eigenvalue weighted by Crippen LogP contribution is 2.03. The Kier molecular flexibility index (Phi) is 6.74. The van der Waals surface area contributed by atoms with Gasteiger partial charge in [-0.3, -0.25) is 9.59 Å². The molecule has 5 heteroatoms. The van der Waals surface area contributed by atoms with Gasteiger partial charge in [-0.25, -0.2) is 0 Å².